The van der Waals surface area contributed by atoms with Crippen molar-refractivity contribution in [2.24, 2.45) is 11.3 Å². The van der Waals surface area contributed by atoms with Crippen LogP contribution in [0.25, 0.3) is 0 Å². The van der Waals surface area contributed by atoms with E-state index in [0.29, 0.717) is 5.92 Å². The van der Waals surface area contributed by atoms with E-state index in [0.717, 1.165) is 26.1 Å². The average molecular weight is 266 g/mol. The molecule has 1 saturated heterocycles. The second-order valence-electron chi connectivity index (χ2n) is 5.53. The Balaban J connectivity index is 2.09. The molecular formula is C14H22N2OS. The summed E-state index contributed by atoms with van der Waals surface area (Å²) >= 11 is 1.68. The lowest BCUT2D eigenvalue weighted by Crippen LogP contribution is -2.46. The molecule has 2 rings (SSSR count). The van der Waals surface area contributed by atoms with E-state index in [2.05, 4.69) is 36.0 Å². The quantitative estimate of drug-likeness (QED) is 0.907. The fourth-order valence-electron chi connectivity index (χ4n) is 2.74. The third-order valence-corrected chi connectivity index (χ3v) is 4.80. The molecule has 1 N–H and O–H groups in total. The van der Waals surface area contributed by atoms with E-state index in [1.165, 1.54) is 5.56 Å². The second kappa shape index (κ2) is 5.41. The van der Waals surface area contributed by atoms with Crippen LogP contribution in [-0.4, -0.2) is 30.9 Å². The van der Waals surface area contributed by atoms with Crippen molar-refractivity contribution < 1.29 is 4.79 Å². The van der Waals surface area contributed by atoms with Crippen LogP contribution < -0.4 is 5.32 Å². The van der Waals surface area contributed by atoms with E-state index in [-0.39, 0.29) is 11.3 Å². The fraction of sp³-hybridized carbons (Fsp3) is 0.643. The van der Waals surface area contributed by atoms with Crippen LogP contribution in [0.4, 0.5) is 0 Å². The number of rotatable bonds is 4. The number of carbonyl (C=O) groups is 1. The van der Waals surface area contributed by atoms with Gasteiger partial charge in [-0.3, -0.25) is 4.79 Å². The minimum atomic E-state index is -0.204. The van der Waals surface area contributed by atoms with Crippen LogP contribution >= 0.6 is 11.3 Å². The topological polar surface area (TPSA) is 32.3 Å². The molecule has 4 heteroatoms. The van der Waals surface area contributed by atoms with Crippen molar-refractivity contribution in [3.05, 3.63) is 22.4 Å². The van der Waals surface area contributed by atoms with Gasteiger partial charge in [-0.25, -0.2) is 0 Å². The van der Waals surface area contributed by atoms with Gasteiger partial charge < -0.3 is 10.2 Å². The first-order chi connectivity index (χ1) is 8.56. The molecule has 0 saturated carbocycles. The van der Waals surface area contributed by atoms with Gasteiger partial charge in [0.05, 0.1) is 5.41 Å². The standard InChI is InChI=1S/C14H22N2OS/c1-11(2)14(5-6-15-10-14)13(17)16(3)8-12-4-7-18-9-12/h4,7,9,11,15H,5-6,8,10H2,1-3H3. The van der Waals surface area contributed by atoms with Gasteiger partial charge in [-0.05, 0) is 41.3 Å². The Morgan fingerprint density at radius 1 is 1.61 bits per heavy atom. The number of hydrogen-bond donors (Lipinski definition) is 1. The molecule has 0 spiro atoms. The zero-order valence-corrected chi connectivity index (χ0v) is 12.2. The highest BCUT2D eigenvalue weighted by Crippen LogP contribution is 2.36. The maximum absolute atomic E-state index is 12.7. The van der Waals surface area contributed by atoms with Crippen LogP contribution in [0.1, 0.15) is 25.8 Å². The summed E-state index contributed by atoms with van der Waals surface area (Å²) in [5, 5.41) is 7.51. The SMILES string of the molecule is CC(C)C1(C(=O)N(C)Cc2ccsc2)CCNC1. The van der Waals surface area contributed by atoms with Crippen LogP contribution in [0.3, 0.4) is 0 Å². The number of nitrogens with zero attached hydrogens (tertiary/aromatic N) is 1. The molecule has 0 bridgehead atoms. The van der Waals surface area contributed by atoms with Gasteiger partial charge in [0.15, 0.2) is 0 Å². The Morgan fingerprint density at radius 3 is 2.89 bits per heavy atom. The van der Waals surface area contributed by atoms with E-state index < -0.39 is 0 Å². The molecular weight excluding hydrogens is 244 g/mol. The predicted octanol–water partition coefficient (Wildman–Crippen LogP) is 2.34. The Bertz CT molecular complexity index is 394. The molecule has 1 aromatic heterocycles. The number of thiophene rings is 1. The minimum Gasteiger partial charge on any atom is -0.341 e. The zero-order chi connectivity index (χ0) is 13.2. The summed E-state index contributed by atoms with van der Waals surface area (Å²) in [6.07, 6.45) is 0.956. The Kier molecular flexibility index (Phi) is 4.07. The summed E-state index contributed by atoms with van der Waals surface area (Å²) < 4.78 is 0. The molecule has 18 heavy (non-hydrogen) atoms. The van der Waals surface area contributed by atoms with Gasteiger partial charge in [-0.1, -0.05) is 13.8 Å². The highest BCUT2D eigenvalue weighted by Gasteiger charge is 2.45. The normalized spacial score (nSPS) is 23.6. The first-order valence-corrected chi connectivity index (χ1v) is 7.48. The summed E-state index contributed by atoms with van der Waals surface area (Å²) in [6, 6.07) is 2.09. The monoisotopic (exact) mass is 266 g/mol. The lowest BCUT2D eigenvalue weighted by molar-refractivity contribution is -0.142. The van der Waals surface area contributed by atoms with Gasteiger partial charge in [0.2, 0.25) is 5.91 Å². The average Bonchev–Trinajstić information content (AvgIpc) is 2.98. The van der Waals surface area contributed by atoms with Crippen LogP contribution in [0.15, 0.2) is 16.8 Å². The molecule has 1 amide bonds. The number of nitrogens with one attached hydrogen (secondary N) is 1. The smallest absolute Gasteiger partial charge is 0.230 e. The van der Waals surface area contributed by atoms with E-state index in [4.69, 9.17) is 0 Å². The van der Waals surface area contributed by atoms with Crippen molar-refractivity contribution in [2.45, 2.75) is 26.8 Å². The van der Waals surface area contributed by atoms with Crippen LogP contribution in [0.5, 0.6) is 0 Å². The molecule has 1 fully saturated rings. The third-order valence-electron chi connectivity index (χ3n) is 4.07. The molecule has 1 atom stereocenters. The zero-order valence-electron chi connectivity index (χ0n) is 11.4. The first-order valence-electron chi connectivity index (χ1n) is 6.53. The molecule has 0 radical (unpaired) electrons. The molecule has 0 aromatic carbocycles. The Labute approximate surface area is 113 Å². The van der Waals surface area contributed by atoms with E-state index >= 15 is 0 Å². The lowest BCUT2D eigenvalue weighted by atomic mass is 9.75. The summed E-state index contributed by atoms with van der Waals surface area (Å²) in [4.78, 5) is 14.6. The lowest BCUT2D eigenvalue weighted by Gasteiger charge is -2.35. The van der Waals surface area contributed by atoms with Gasteiger partial charge in [0.25, 0.3) is 0 Å². The highest BCUT2D eigenvalue weighted by atomic mass is 32.1. The van der Waals surface area contributed by atoms with Crippen molar-refractivity contribution in [3.63, 3.8) is 0 Å². The highest BCUT2D eigenvalue weighted by molar-refractivity contribution is 7.07. The molecule has 1 aliphatic rings. The summed E-state index contributed by atoms with van der Waals surface area (Å²) in [5.41, 5.74) is 1.02. The molecule has 100 valence electrons. The van der Waals surface area contributed by atoms with E-state index in [1.54, 1.807) is 11.3 Å². The van der Waals surface area contributed by atoms with Crippen molar-refractivity contribution in [3.8, 4) is 0 Å². The van der Waals surface area contributed by atoms with Crippen LogP contribution in [-0.2, 0) is 11.3 Å². The van der Waals surface area contributed by atoms with E-state index in [1.807, 2.05) is 11.9 Å². The van der Waals surface area contributed by atoms with Gasteiger partial charge in [0.1, 0.15) is 0 Å². The molecule has 2 heterocycles. The molecule has 1 aliphatic heterocycles. The fourth-order valence-corrected chi connectivity index (χ4v) is 3.40. The molecule has 3 nitrogen and oxygen atoms in total. The van der Waals surface area contributed by atoms with Crippen molar-refractivity contribution in [2.75, 3.05) is 20.1 Å². The third kappa shape index (κ3) is 2.45. The van der Waals surface area contributed by atoms with Crippen molar-refractivity contribution >= 4 is 17.2 Å². The Hall–Kier alpha value is -0.870. The summed E-state index contributed by atoms with van der Waals surface area (Å²) in [7, 11) is 1.92. The van der Waals surface area contributed by atoms with E-state index in [9.17, 15) is 4.79 Å². The minimum absolute atomic E-state index is 0.204. The number of amides is 1. The maximum atomic E-state index is 12.7. The number of hydrogen-bond acceptors (Lipinski definition) is 3. The predicted molar refractivity (Wildman–Crippen MR) is 75.6 cm³/mol. The molecule has 1 unspecified atom stereocenters. The van der Waals surface area contributed by atoms with Crippen LogP contribution in [0.2, 0.25) is 0 Å². The summed E-state index contributed by atoms with van der Waals surface area (Å²) in [6.45, 7) is 6.80. The van der Waals surface area contributed by atoms with Gasteiger partial charge in [0, 0.05) is 20.1 Å². The van der Waals surface area contributed by atoms with Gasteiger partial charge >= 0.3 is 0 Å². The molecule has 1 aromatic rings. The van der Waals surface area contributed by atoms with Crippen molar-refractivity contribution in [1.82, 2.24) is 10.2 Å². The first kappa shape index (κ1) is 13.6. The summed E-state index contributed by atoms with van der Waals surface area (Å²) in [5.74, 6) is 0.665. The Morgan fingerprint density at radius 2 is 2.39 bits per heavy atom. The maximum Gasteiger partial charge on any atom is 0.230 e. The number of carbonyl (C=O) groups excluding carboxylic acids is 1. The van der Waals surface area contributed by atoms with Gasteiger partial charge in [-0.2, -0.15) is 11.3 Å². The largest absolute Gasteiger partial charge is 0.341 e. The van der Waals surface area contributed by atoms with Gasteiger partial charge in [-0.15, -0.1) is 0 Å². The molecule has 0 aliphatic carbocycles. The van der Waals surface area contributed by atoms with Crippen LogP contribution in [0, 0.1) is 11.3 Å². The van der Waals surface area contributed by atoms with Crippen molar-refractivity contribution in [1.29, 1.82) is 0 Å². The second-order valence-corrected chi connectivity index (χ2v) is 6.31.